The molecule has 22 heavy (non-hydrogen) atoms. The molecule has 0 aliphatic heterocycles. The molecule has 0 fully saturated rings. The Bertz CT molecular complexity index is 1010. The number of nitrogens with zero attached hydrogens (tertiary/aromatic N) is 2. The smallest absolute Gasteiger partial charge is 0.200 e. The van der Waals surface area contributed by atoms with Crippen LogP contribution in [0.1, 0.15) is 0 Å². The standard InChI is InChI=1S/C16H11BrN4S/c17-11-6-7-13-10(8-11)9-14(18-13)15-19-20-16(22)21(15)12-4-2-1-3-5-12/h1-9,18H,(H,20,22). The summed E-state index contributed by atoms with van der Waals surface area (Å²) >= 11 is 8.88. The highest BCUT2D eigenvalue weighted by atomic mass is 79.9. The summed E-state index contributed by atoms with van der Waals surface area (Å²) in [4.78, 5) is 3.39. The summed E-state index contributed by atoms with van der Waals surface area (Å²) < 4.78 is 3.54. The van der Waals surface area contributed by atoms with Crippen molar-refractivity contribution < 1.29 is 0 Å². The third-order valence-electron chi connectivity index (χ3n) is 3.51. The van der Waals surface area contributed by atoms with Gasteiger partial charge in [-0.1, -0.05) is 34.1 Å². The van der Waals surface area contributed by atoms with Crippen LogP contribution in [0.15, 0.2) is 59.1 Å². The highest BCUT2D eigenvalue weighted by Gasteiger charge is 2.13. The number of aromatic nitrogens is 4. The Balaban J connectivity index is 1.94. The topological polar surface area (TPSA) is 49.4 Å². The second-order valence-corrected chi connectivity index (χ2v) is 6.24. The summed E-state index contributed by atoms with van der Waals surface area (Å²) in [5, 5.41) is 8.38. The minimum atomic E-state index is 0.570. The Morgan fingerprint density at radius 2 is 1.86 bits per heavy atom. The van der Waals surface area contributed by atoms with Crippen molar-refractivity contribution in [1.29, 1.82) is 0 Å². The van der Waals surface area contributed by atoms with E-state index >= 15 is 0 Å². The fourth-order valence-electron chi connectivity index (χ4n) is 2.52. The number of para-hydroxylation sites is 1. The van der Waals surface area contributed by atoms with E-state index in [0.717, 1.165) is 32.6 Å². The molecule has 0 spiro atoms. The van der Waals surface area contributed by atoms with Crippen molar-refractivity contribution in [3.8, 4) is 17.2 Å². The monoisotopic (exact) mass is 370 g/mol. The Labute approximate surface area is 139 Å². The first-order valence-electron chi connectivity index (χ1n) is 6.74. The van der Waals surface area contributed by atoms with Gasteiger partial charge in [0.05, 0.1) is 11.4 Å². The minimum Gasteiger partial charge on any atom is -0.352 e. The fourth-order valence-corrected chi connectivity index (χ4v) is 3.13. The number of benzene rings is 2. The van der Waals surface area contributed by atoms with Crippen LogP contribution in [0.4, 0.5) is 0 Å². The van der Waals surface area contributed by atoms with Gasteiger partial charge in [-0.05, 0) is 48.6 Å². The summed E-state index contributed by atoms with van der Waals surface area (Å²) in [5.41, 5.74) is 2.96. The van der Waals surface area contributed by atoms with Gasteiger partial charge in [0.1, 0.15) is 0 Å². The number of H-pyrrole nitrogens is 2. The molecule has 0 saturated heterocycles. The van der Waals surface area contributed by atoms with Crippen molar-refractivity contribution in [2.24, 2.45) is 0 Å². The molecule has 0 saturated carbocycles. The lowest BCUT2D eigenvalue weighted by Gasteiger charge is -2.04. The van der Waals surface area contributed by atoms with Crippen LogP contribution in [-0.2, 0) is 0 Å². The highest BCUT2D eigenvalue weighted by molar-refractivity contribution is 9.10. The van der Waals surface area contributed by atoms with E-state index in [-0.39, 0.29) is 0 Å². The quantitative estimate of drug-likeness (QED) is 0.496. The lowest BCUT2D eigenvalue weighted by atomic mass is 10.2. The van der Waals surface area contributed by atoms with Gasteiger partial charge < -0.3 is 4.98 Å². The van der Waals surface area contributed by atoms with Crippen molar-refractivity contribution in [1.82, 2.24) is 19.7 Å². The first-order valence-corrected chi connectivity index (χ1v) is 7.94. The average Bonchev–Trinajstić information content (AvgIpc) is 3.10. The zero-order chi connectivity index (χ0) is 15.1. The van der Waals surface area contributed by atoms with E-state index < -0.39 is 0 Å². The van der Waals surface area contributed by atoms with Crippen LogP contribution in [0.25, 0.3) is 28.1 Å². The SMILES string of the molecule is S=c1[nH]nc(-c2cc3cc(Br)ccc3[nH]2)n1-c1ccccc1. The molecule has 0 atom stereocenters. The molecule has 108 valence electrons. The molecule has 0 radical (unpaired) electrons. The molecular formula is C16H11BrN4S. The van der Waals surface area contributed by atoms with Crippen molar-refractivity contribution in [3.63, 3.8) is 0 Å². The van der Waals surface area contributed by atoms with E-state index in [0.29, 0.717) is 4.77 Å². The van der Waals surface area contributed by atoms with Crippen molar-refractivity contribution in [3.05, 3.63) is 63.8 Å². The van der Waals surface area contributed by atoms with Gasteiger partial charge in [0.15, 0.2) is 10.6 Å². The molecule has 2 aromatic carbocycles. The number of halogens is 1. The first kappa shape index (κ1) is 13.5. The predicted molar refractivity (Wildman–Crippen MR) is 93.7 cm³/mol. The maximum atomic E-state index is 5.38. The number of hydrogen-bond donors (Lipinski definition) is 2. The largest absolute Gasteiger partial charge is 0.352 e. The zero-order valence-electron chi connectivity index (χ0n) is 11.4. The fraction of sp³-hybridized carbons (Fsp3) is 0. The van der Waals surface area contributed by atoms with Crippen LogP contribution in [0.5, 0.6) is 0 Å². The summed E-state index contributed by atoms with van der Waals surface area (Å²) in [6, 6.07) is 18.2. The van der Waals surface area contributed by atoms with Gasteiger partial charge in [-0.2, -0.15) is 5.10 Å². The number of aromatic amines is 2. The molecule has 2 N–H and O–H groups in total. The van der Waals surface area contributed by atoms with Gasteiger partial charge in [-0.15, -0.1) is 0 Å². The third kappa shape index (κ3) is 2.20. The Hall–Kier alpha value is -2.18. The van der Waals surface area contributed by atoms with Gasteiger partial charge in [0.25, 0.3) is 0 Å². The summed E-state index contributed by atoms with van der Waals surface area (Å²) in [7, 11) is 0. The molecular weight excluding hydrogens is 360 g/mol. The molecule has 6 heteroatoms. The molecule has 4 rings (SSSR count). The van der Waals surface area contributed by atoms with E-state index in [1.807, 2.05) is 47.0 Å². The van der Waals surface area contributed by atoms with Crippen LogP contribution in [0.3, 0.4) is 0 Å². The Kier molecular flexibility index (Phi) is 3.20. The van der Waals surface area contributed by atoms with E-state index in [1.165, 1.54) is 0 Å². The van der Waals surface area contributed by atoms with E-state index in [2.05, 4.69) is 43.2 Å². The molecule has 0 bridgehead atoms. The van der Waals surface area contributed by atoms with Crippen LogP contribution < -0.4 is 0 Å². The summed E-state index contributed by atoms with van der Waals surface area (Å²) in [6.07, 6.45) is 0. The van der Waals surface area contributed by atoms with Gasteiger partial charge in [-0.25, -0.2) is 0 Å². The van der Waals surface area contributed by atoms with Gasteiger partial charge in [-0.3, -0.25) is 9.67 Å². The lowest BCUT2D eigenvalue weighted by Crippen LogP contribution is -1.97. The third-order valence-corrected chi connectivity index (χ3v) is 4.28. The molecule has 0 aliphatic rings. The molecule has 2 aromatic heterocycles. The van der Waals surface area contributed by atoms with Crippen molar-refractivity contribution >= 4 is 39.1 Å². The molecule has 2 heterocycles. The van der Waals surface area contributed by atoms with Crippen LogP contribution in [-0.4, -0.2) is 19.7 Å². The van der Waals surface area contributed by atoms with Crippen molar-refractivity contribution in [2.45, 2.75) is 0 Å². The van der Waals surface area contributed by atoms with E-state index in [4.69, 9.17) is 12.2 Å². The number of nitrogens with one attached hydrogen (secondary N) is 2. The number of rotatable bonds is 2. The van der Waals surface area contributed by atoms with Crippen molar-refractivity contribution in [2.75, 3.05) is 0 Å². The normalized spacial score (nSPS) is 11.1. The van der Waals surface area contributed by atoms with Crippen LogP contribution in [0, 0.1) is 4.77 Å². The molecule has 4 nitrogen and oxygen atoms in total. The average molecular weight is 371 g/mol. The molecule has 0 unspecified atom stereocenters. The van der Waals surface area contributed by atoms with Crippen LogP contribution in [0.2, 0.25) is 0 Å². The molecule has 0 aliphatic carbocycles. The lowest BCUT2D eigenvalue weighted by molar-refractivity contribution is 1.03. The maximum absolute atomic E-state index is 5.38. The maximum Gasteiger partial charge on any atom is 0.200 e. The zero-order valence-corrected chi connectivity index (χ0v) is 13.8. The van der Waals surface area contributed by atoms with Gasteiger partial charge >= 0.3 is 0 Å². The highest BCUT2D eigenvalue weighted by Crippen LogP contribution is 2.27. The summed E-state index contributed by atoms with van der Waals surface area (Å²) in [5.74, 6) is 0.767. The minimum absolute atomic E-state index is 0.570. The Morgan fingerprint density at radius 3 is 2.68 bits per heavy atom. The van der Waals surface area contributed by atoms with Gasteiger partial charge in [0.2, 0.25) is 0 Å². The summed E-state index contributed by atoms with van der Waals surface area (Å²) in [6.45, 7) is 0. The van der Waals surface area contributed by atoms with Gasteiger partial charge in [0, 0.05) is 15.4 Å². The number of fused-ring (bicyclic) bond motifs is 1. The first-order chi connectivity index (χ1) is 10.7. The second-order valence-electron chi connectivity index (χ2n) is 4.94. The van der Waals surface area contributed by atoms with E-state index in [9.17, 15) is 0 Å². The molecule has 0 amide bonds. The van der Waals surface area contributed by atoms with E-state index in [1.54, 1.807) is 0 Å². The Morgan fingerprint density at radius 1 is 1.05 bits per heavy atom. The predicted octanol–water partition coefficient (Wildman–Crippen LogP) is 4.84. The van der Waals surface area contributed by atoms with Crippen LogP contribution >= 0.6 is 28.1 Å². The molecule has 4 aromatic rings. The number of hydrogen-bond acceptors (Lipinski definition) is 2. The second kappa shape index (κ2) is 5.23.